The van der Waals surface area contributed by atoms with E-state index in [0.717, 1.165) is 31.7 Å². The fourth-order valence-electron chi connectivity index (χ4n) is 4.06. The van der Waals surface area contributed by atoms with Crippen LogP contribution in [0.25, 0.3) is 0 Å². The summed E-state index contributed by atoms with van der Waals surface area (Å²) in [5.74, 6) is 1.29. The molecule has 1 aromatic carbocycles. The molecule has 0 heterocycles. The number of nitro groups is 1. The molecule has 17 heteroatoms. The molecule has 0 saturated carbocycles. The van der Waals surface area contributed by atoms with Crippen molar-refractivity contribution in [2.45, 2.75) is 25.7 Å². The summed E-state index contributed by atoms with van der Waals surface area (Å²) in [6, 6.07) is 5.91. The zero-order chi connectivity index (χ0) is 38.0. The first-order chi connectivity index (χ1) is 26.2. The first-order valence-corrected chi connectivity index (χ1v) is 19.1. The van der Waals surface area contributed by atoms with Crippen molar-refractivity contribution in [2.75, 3.05) is 171 Å². The fraction of sp³-hybridized carbons (Fsp3) is 0.833. The molecule has 0 aliphatic heterocycles. The van der Waals surface area contributed by atoms with Crippen LogP contribution in [0.3, 0.4) is 0 Å². The lowest BCUT2D eigenvalue weighted by Crippen LogP contribution is -2.15. The maximum atomic E-state index is 10.6. The van der Waals surface area contributed by atoms with E-state index >= 15 is 0 Å². The van der Waals surface area contributed by atoms with Gasteiger partial charge < -0.3 is 61.6 Å². The van der Waals surface area contributed by atoms with Crippen LogP contribution in [0.15, 0.2) is 24.3 Å². The van der Waals surface area contributed by atoms with Crippen LogP contribution in [0.5, 0.6) is 5.75 Å². The summed E-state index contributed by atoms with van der Waals surface area (Å²) in [4.78, 5) is 10.2. The first-order valence-electron chi connectivity index (χ1n) is 18.6. The third kappa shape index (κ3) is 37.0. The average molecular weight is 786 g/mol. The van der Waals surface area contributed by atoms with Gasteiger partial charge in [-0.05, 0) is 25.0 Å². The van der Waals surface area contributed by atoms with Crippen molar-refractivity contribution < 1.29 is 66.5 Å². The van der Waals surface area contributed by atoms with E-state index in [1.807, 2.05) is 0 Å². The maximum absolute atomic E-state index is 10.6. The highest BCUT2D eigenvalue weighted by Crippen LogP contribution is 2.17. The highest BCUT2D eigenvalue weighted by molar-refractivity contribution is 6.17. The van der Waals surface area contributed by atoms with Crippen LogP contribution in [-0.4, -0.2) is 176 Å². The second-order valence-corrected chi connectivity index (χ2v) is 11.4. The van der Waals surface area contributed by atoms with Crippen molar-refractivity contribution in [3.05, 3.63) is 34.4 Å². The van der Waals surface area contributed by atoms with E-state index < -0.39 is 4.92 Å². The van der Waals surface area contributed by atoms with Gasteiger partial charge in [-0.25, -0.2) is 0 Å². The number of unbranched alkanes of at least 4 members (excludes halogenated alkanes) is 3. The minimum Gasteiger partial charge on any atom is -0.491 e. The summed E-state index contributed by atoms with van der Waals surface area (Å²) in [5.41, 5.74) is 0.0245. The molecule has 0 saturated heterocycles. The number of halogens is 1. The molecule has 0 amide bonds. The largest absolute Gasteiger partial charge is 0.491 e. The Balaban J connectivity index is 1.63. The third-order valence-electron chi connectivity index (χ3n) is 6.81. The van der Waals surface area contributed by atoms with E-state index in [1.165, 1.54) is 18.6 Å². The van der Waals surface area contributed by atoms with E-state index in [2.05, 4.69) is 0 Å². The van der Waals surface area contributed by atoms with Gasteiger partial charge in [-0.3, -0.25) is 10.1 Å². The van der Waals surface area contributed by atoms with Gasteiger partial charge in [0.1, 0.15) is 12.4 Å². The standard InChI is InChI=1S/C36H64ClNO15/c37-9-3-1-2-4-10-41-11-12-42-13-14-43-15-16-44-17-18-45-19-20-46-21-22-47-23-24-48-25-26-49-27-28-50-29-30-51-31-32-52-33-34-53-36-7-5-35(6-8-36)38(39)40/h5-8H,1-4,9-34H2. The van der Waals surface area contributed by atoms with Crippen molar-refractivity contribution in [1.82, 2.24) is 0 Å². The molecule has 0 N–H and O–H groups in total. The number of non-ortho nitro benzene ring substituents is 1. The van der Waals surface area contributed by atoms with E-state index in [1.54, 1.807) is 12.1 Å². The van der Waals surface area contributed by atoms with Gasteiger partial charge in [0.15, 0.2) is 0 Å². The maximum Gasteiger partial charge on any atom is 0.269 e. The molecule has 16 nitrogen and oxygen atoms in total. The minimum absolute atomic E-state index is 0.0245. The van der Waals surface area contributed by atoms with Crippen molar-refractivity contribution in [3.63, 3.8) is 0 Å². The lowest BCUT2D eigenvalue weighted by atomic mass is 10.2. The number of hydrogen-bond donors (Lipinski definition) is 0. The predicted octanol–water partition coefficient (Wildman–Crippen LogP) is 3.97. The SMILES string of the molecule is O=[N+]([O-])c1ccc(OCCOCCOCCOCCOCCOCCOCCOCCOCCOCCOCCOCCOCCCCCCCl)cc1. The van der Waals surface area contributed by atoms with E-state index in [4.69, 9.17) is 73.2 Å². The van der Waals surface area contributed by atoms with Crippen LogP contribution >= 0.6 is 11.6 Å². The minimum atomic E-state index is -0.452. The number of hydrogen-bond acceptors (Lipinski definition) is 15. The molecule has 0 aliphatic rings. The summed E-state index contributed by atoms with van der Waals surface area (Å²) < 4.78 is 71.2. The van der Waals surface area contributed by atoms with Gasteiger partial charge in [-0.15, -0.1) is 11.6 Å². The van der Waals surface area contributed by atoms with Crippen LogP contribution < -0.4 is 4.74 Å². The summed E-state index contributed by atoms with van der Waals surface area (Å²) in [5, 5.41) is 10.6. The molecule has 0 atom stereocenters. The number of rotatable bonds is 44. The van der Waals surface area contributed by atoms with E-state index in [0.29, 0.717) is 164 Å². The summed E-state index contributed by atoms with van der Waals surface area (Å²) in [7, 11) is 0. The Morgan fingerprint density at radius 2 is 0.642 bits per heavy atom. The highest BCUT2D eigenvalue weighted by Gasteiger charge is 2.04. The number of ether oxygens (including phenoxy) is 13. The molecule has 0 unspecified atom stereocenters. The summed E-state index contributed by atoms with van der Waals surface area (Å²) in [6.07, 6.45) is 4.47. The van der Waals surface area contributed by atoms with Crippen LogP contribution in [0.2, 0.25) is 0 Å². The second kappa shape index (κ2) is 41.4. The molecule has 0 aromatic heterocycles. The molecule has 0 spiro atoms. The van der Waals surface area contributed by atoms with Crippen molar-refractivity contribution in [1.29, 1.82) is 0 Å². The van der Waals surface area contributed by atoms with Crippen LogP contribution in [0.1, 0.15) is 25.7 Å². The molecule has 310 valence electrons. The number of alkyl halides is 1. The van der Waals surface area contributed by atoms with E-state index in [9.17, 15) is 10.1 Å². The van der Waals surface area contributed by atoms with Crippen molar-refractivity contribution >= 4 is 17.3 Å². The van der Waals surface area contributed by atoms with Crippen LogP contribution in [0, 0.1) is 10.1 Å². The highest BCUT2D eigenvalue weighted by atomic mass is 35.5. The number of nitrogens with zero attached hydrogens (tertiary/aromatic N) is 1. The molecule has 1 rings (SSSR count). The Labute approximate surface area is 320 Å². The molecular weight excluding hydrogens is 722 g/mol. The van der Waals surface area contributed by atoms with Gasteiger partial charge in [-0.1, -0.05) is 12.8 Å². The molecule has 0 bridgehead atoms. The Kier molecular flexibility index (Phi) is 38.5. The molecule has 0 fully saturated rings. The summed E-state index contributed by atoms with van der Waals surface area (Å²) >= 11 is 5.65. The lowest BCUT2D eigenvalue weighted by molar-refractivity contribution is -0.384. The Hall–Kier alpha value is -1.77. The first kappa shape index (κ1) is 49.2. The van der Waals surface area contributed by atoms with Gasteiger partial charge in [0.2, 0.25) is 0 Å². The Bertz CT molecular complexity index is 891. The van der Waals surface area contributed by atoms with Gasteiger partial charge in [0.25, 0.3) is 5.69 Å². The average Bonchev–Trinajstić information content (AvgIpc) is 3.17. The zero-order valence-corrected chi connectivity index (χ0v) is 32.2. The third-order valence-corrected chi connectivity index (χ3v) is 7.08. The second-order valence-electron chi connectivity index (χ2n) is 11.1. The van der Waals surface area contributed by atoms with Gasteiger partial charge in [-0.2, -0.15) is 0 Å². The lowest BCUT2D eigenvalue weighted by Gasteiger charge is -2.09. The normalized spacial score (nSPS) is 11.4. The van der Waals surface area contributed by atoms with Crippen molar-refractivity contribution in [3.8, 4) is 5.75 Å². The number of nitro benzene ring substituents is 1. The quantitative estimate of drug-likeness (QED) is 0.0404. The van der Waals surface area contributed by atoms with Gasteiger partial charge in [0, 0.05) is 24.6 Å². The van der Waals surface area contributed by atoms with Crippen LogP contribution in [0.4, 0.5) is 5.69 Å². The Morgan fingerprint density at radius 3 is 0.925 bits per heavy atom. The topological polar surface area (TPSA) is 163 Å². The number of benzene rings is 1. The van der Waals surface area contributed by atoms with Crippen LogP contribution in [-0.2, 0) is 56.8 Å². The molecule has 53 heavy (non-hydrogen) atoms. The zero-order valence-electron chi connectivity index (χ0n) is 31.5. The monoisotopic (exact) mass is 785 g/mol. The summed E-state index contributed by atoms with van der Waals surface area (Å²) in [6.45, 7) is 12.5. The van der Waals surface area contributed by atoms with E-state index in [-0.39, 0.29) is 5.69 Å². The smallest absolute Gasteiger partial charge is 0.269 e. The predicted molar refractivity (Wildman–Crippen MR) is 198 cm³/mol. The van der Waals surface area contributed by atoms with Gasteiger partial charge >= 0.3 is 0 Å². The van der Waals surface area contributed by atoms with Crippen molar-refractivity contribution in [2.24, 2.45) is 0 Å². The Morgan fingerprint density at radius 1 is 0.377 bits per heavy atom. The molecule has 0 radical (unpaired) electrons. The molecular formula is C36H64ClNO15. The van der Waals surface area contributed by atoms with Gasteiger partial charge in [0.05, 0.1) is 157 Å². The molecule has 0 aliphatic carbocycles. The molecule has 1 aromatic rings. The fourth-order valence-corrected chi connectivity index (χ4v) is 4.24.